The third kappa shape index (κ3) is 3.51. The zero-order chi connectivity index (χ0) is 14.5. The molecule has 3 heterocycles. The third-order valence-corrected chi connectivity index (χ3v) is 4.49. The van der Waals surface area contributed by atoms with Gasteiger partial charge in [-0.3, -0.25) is 0 Å². The predicted octanol–water partition coefficient (Wildman–Crippen LogP) is 3.76. The fourth-order valence-corrected chi connectivity index (χ4v) is 2.96. The summed E-state index contributed by atoms with van der Waals surface area (Å²) in [6.45, 7) is 0. The molecule has 0 spiro atoms. The average Bonchev–Trinajstić information content (AvgIpc) is 3.18. The Morgan fingerprint density at radius 2 is 1.38 bits per heavy atom. The molecule has 104 valence electrons. The van der Waals surface area contributed by atoms with Crippen LogP contribution >= 0.6 is 22.7 Å². The first-order valence-corrected chi connectivity index (χ1v) is 8.23. The van der Waals surface area contributed by atoms with E-state index in [0.717, 1.165) is 21.4 Å². The summed E-state index contributed by atoms with van der Waals surface area (Å²) in [7, 11) is 2.06. The van der Waals surface area contributed by atoms with Gasteiger partial charge >= 0.3 is 0 Å². The average molecular weight is 312 g/mol. The molecule has 0 saturated heterocycles. The van der Waals surface area contributed by atoms with E-state index in [9.17, 15) is 0 Å². The first-order chi connectivity index (χ1) is 10.3. The van der Waals surface area contributed by atoms with Crippen LogP contribution in [0.1, 0.15) is 21.4 Å². The van der Waals surface area contributed by atoms with E-state index in [1.807, 2.05) is 35.3 Å². The molecule has 0 aliphatic carbocycles. The van der Waals surface area contributed by atoms with Crippen LogP contribution in [0.25, 0.3) is 24.3 Å². The first kappa shape index (κ1) is 13.9. The highest BCUT2D eigenvalue weighted by Crippen LogP contribution is 2.11. The molecule has 0 aliphatic rings. The Labute approximate surface area is 131 Å². The molecule has 5 heteroatoms. The summed E-state index contributed by atoms with van der Waals surface area (Å²) in [5.74, 6) is 0. The molecule has 3 aromatic heterocycles. The molecule has 0 radical (unpaired) electrons. The van der Waals surface area contributed by atoms with Crippen molar-refractivity contribution < 1.29 is 4.57 Å². The Bertz CT molecular complexity index is 694. The van der Waals surface area contributed by atoms with Crippen LogP contribution in [0, 0.1) is 0 Å². The van der Waals surface area contributed by atoms with Crippen LogP contribution in [0.4, 0.5) is 0 Å². The van der Waals surface area contributed by atoms with Gasteiger partial charge in [-0.2, -0.15) is 4.57 Å². The second kappa shape index (κ2) is 6.56. The second-order valence-electron chi connectivity index (χ2n) is 4.34. The molecule has 3 rings (SSSR count). The van der Waals surface area contributed by atoms with E-state index in [-0.39, 0.29) is 0 Å². The molecule has 0 amide bonds. The maximum Gasteiger partial charge on any atom is 0.205 e. The van der Waals surface area contributed by atoms with Crippen molar-refractivity contribution in [1.29, 1.82) is 0 Å². The predicted molar refractivity (Wildman–Crippen MR) is 89.7 cm³/mol. The number of aromatic nitrogens is 3. The molecule has 3 nitrogen and oxygen atoms in total. The van der Waals surface area contributed by atoms with Crippen molar-refractivity contribution in [3.63, 3.8) is 0 Å². The van der Waals surface area contributed by atoms with Crippen molar-refractivity contribution in [3.8, 4) is 0 Å². The summed E-state index contributed by atoms with van der Waals surface area (Å²) in [6, 6.07) is 6.23. The number of hydrogen-bond acceptors (Lipinski definition) is 4. The quantitative estimate of drug-likeness (QED) is 0.686. The van der Waals surface area contributed by atoms with Gasteiger partial charge < -0.3 is 0 Å². The van der Waals surface area contributed by atoms with Gasteiger partial charge in [-0.1, -0.05) is 0 Å². The van der Waals surface area contributed by atoms with Crippen molar-refractivity contribution >= 4 is 47.0 Å². The molecule has 0 N–H and O–H groups in total. The summed E-state index contributed by atoms with van der Waals surface area (Å²) in [4.78, 5) is 8.51. The molecule has 21 heavy (non-hydrogen) atoms. The molecule has 3 aromatic rings. The highest BCUT2D eigenvalue weighted by atomic mass is 32.1. The monoisotopic (exact) mass is 312 g/mol. The maximum atomic E-state index is 4.26. The Morgan fingerprint density at radius 1 is 0.857 bits per heavy atom. The van der Waals surface area contributed by atoms with Gasteiger partial charge in [0.25, 0.3) is 0 Å². The highest BCUT2D eigenvalue weighted by molar-refractivity contribution is 7.10. The van der Waals surface area contributed by atoms with Gasteiger partial charge in [-0.05, 0) is 18.2 Å². The summed E-state index contributed by atoms with van der Waals surface area (Å²) in [6.07, 6.45) is 11.9. The standard InChI is InChI=1S/C16H14N3S2/c1-19-13(5-7-15-17-9-11-20-15)3-2-4-14(19)6-8-16-18-10-12-21-16/h2-12H,1H3/q+1/b7-5+,8-6+. The van der Waals surface area contributed by atoms with E-state index in [1.165, 1.54) is 0 Å². The lowest BCUT2D eigenvalue weighted by molar-refractivity contribution is -0.675. The number of thiazole rings is 2. The molecular weight excluding hydrogens is 298 g/mol. The van der Waals surface area contributed by atoms with Crippen molar-refractivity contribution in [2.45, 2.75) is 0 Å². The molecular formula is C16H14N3S2+. The fourth-order valence-electron chi connectivity index (χ4n) is 1.90. The van der Waals surface area contributed by atoms with Gasteiger partial charge in [0.2, 0.25) is 11.4 Å². The first-order valence-electron chi connectivity index (χ1n) is 6.47. The van der Waals surface area contributed by atoms with Crippen LogP contribution in [-0.4, -0.2) is 9.97 Å². The van der Waals surface area contributed by atoms with Crippen LogP contribution in [0.2, 0.25) is 0 Å². The highest BCUT2D eigenvalue weighted by Gasteiger charge is 2.07. The zero-order valence-electron chi connectivity index (χ0n) is 11.5. The van der Waals surface area contributed by atoms with E-state index < -0.39 is 0 Å². The molecule has 0 unspecified atom stereocenters. The van der Waals surface area contributed by atoms with Gasteiger partial charge in [-0.25, -0.2) is 9.97 Å². The zero-order valence-corrected chi connectivity index (χ0v) is 13.1. The topological polar surface area (TPSA) is 29.7 Å². The number of nitrogens with zero attached hydrogens (tertiary/aromatic N) is 3. The summed E-state index contributed by atoms with van der Waals surface area (Å²) in [5.41, 5.74) is 2.26. The molecule has 0 saturated carbocycles. The van der Waals surface area contributed by atoms with Crippen molar-refractivity contribution in [2.75, 3.05) is 0 Å². The Hall–Kier alpha value is -2.11. The van der Waals surface area contributed by atoms with Crippen molar-refractivity contribution in [3.05, 3.63) is 62.8 Å². The van der Waals surface area contributed by atoms with Crippen LogP contribution in [0.5, 0.6) is 0 Å². The van der Waals surface area contributed by atoms with Crippen molar-refractivity contribution in [2.24, 2.45) is 7.05 Å². The molecule has 0 aromatic carbocycles. The van der Waals surface area contributed by atoms with Crippen LogP contribution in [0.15, 0.2) is 41.4 Å². The molecule has 0 bridgehead atoms. The summed E-state index contributed by atoms with van der Waals surface area (Å²) in [5, 5.41) is 5.98. The minimum atomic E-state index is 1.01. The van der Waals surface area contributed by atoms with Gasteiger partial charge in [0.05, 0.1) is 0 Å². The van der Waals surface area contributed by atoms with E-state index in [0.29, 0.717) is 0 Å². The number of pyridine rings is 1. The van der Waals surface area contributed by atoms with Gasteiger partial charge in [0.1, 0.15) is 17.1 Å². The third-order valence-electron chi connectivity index (χ3n) is 3.00. The van der Waals surface area contributed by atoms with Crippen LogP contribution in [-0.2, 0) is 7.05 Å². The SMILES string of the molecule is C[n+]1c(/C=C/c2nccs2)cccc1/C=C/c1nccs1. The lowest BCUT2D eigenvalue weighted by Crippen LogP contribution is -2.35. The van der Waals surface area contributed by atoms with Gasteiger partial charge in [-0.15, -0.1) is 22.7 Å². The normalized spacial score (nSPS) is 11.7. The van der Waals surface area contributed by atoms with Crippen LogP contribution < -0.4 is 4.57 Å². The molecule has 0 atom stereocenters. The van der Waals surface area contributed by atoms with E-state index in [1.54, 1.807) is 22.7 Å². The molecule has 0 fully saturated rings. The van der Waals surface area contributed by atoms with E-state index >= 15 is 0 Å². The Morgan fingerprint density at radius 3 is 1.81 bits per heavy atom. The van der Waals surface area contributed by atoms with Gasteiger partial charge in [0.15, 0.2) is 0 Å². The van der Waals surface area contributed by atoms with E-state index in [2.05, 4.69) is 51.9 Å². The lowest BCUT2D eigenvalue weighted by Gasteiger charge is -1.97. The van der Waals surface area contributed by atoms with Crippen molar-refractivity contribution in [1.82, 2.24) is 9.97 Å². The number of hydrogen-bond donors (Lipinski definition) is 0. The lowest BCUT2D eigenvalue weighted by atomic mass is 10.2. The maximum absolute atomic E-state index is 4.26. The van der Waals surface area contributed by atoms with E-state index in [4.69, 9.17) is 0 Å². The summed E-state index contributed by atoms with van der Waals surface area (Å²) >= 11 is 3.27. The Kier molecular flexibility index (Phi) is 4.33. The van der Waals surface area contributed by atoms with Gasteiger partial charge in [0, 0.05) is 47.4 Å². The van der Waals surface area contributed by atoms with Crippen LogP contribution in [0.3, 0.4) is 0 Å². The minimum Gasteiger partial charge on any atom is -0.245 e. The Balaban J connectivity index is 1.85. The largest absolute Gasteiger partial charge is 0.245 e. The minimum absolute atomic E-state index is 1.01. The number of rotatable bonds is 4. The fraction of sp³-hybridized carbons (Fsp3) is 0.0625. The smallest absolute Gasteiger partial charge is 0.205 e. The second-order valence-corrected chi connectivity index (χ2v) is 6.19. The summed E-state index contributed by atoms with van der Waals surface area (Å²) < 4.78 is 2.15. The molecule has 0 aliphatic heterocycles.